The predicted molar refractivity (Wildman–Crippen MR) is 108 cm³/mol. The molecule has 8 heteroatoms. The van der Waals surface area contributed by atoms with Crippen molar-refractivity contribution >= 4 is 0 Å². The topological polar surface area (TPSA) is 80.9 Å². The molecule has 152 valence electrons. The summed E-state index contributed by atoms with van der Waals surface area (Å²) in [4.78, 5) is 18.9. The number of likely N-dealkylation sites (tertiary alicyclic amines) is 1. The zero-order valence-electron chi connectivity index (χ0n) is 16.9. The second kappa shape index (κ2) is 8.53. The Morgan fingerprint density at radius 3 is 2.39 bits per heavy atom. The molecule has 2 fully saturated rings. The Bertz CT molecular complexity index is 800. The maximum Gasteiger partial charge on any atom is 0.267 e. The molecule has 1 N–H and O–H groups in total. The first-order valence-corrected chi connectivity index (χ1v) is 10.5. The monoisotopic (exact) mass is 385 g/mol. The average Bonchev–Trinajstić information content (AvgIpc) is 3.24. The van der Waals surface area contributed by atoms with Crippen molar-refractivity contribution in [1.82, 2.24) is 34.8 Å². The highest BCUT2D eigenvalue weighted by atomic mass is 16.1. The second-order valence-electron chi connectivity index (χ2n) is 8.39. The molecule has 2 aromatic rings. The second-order valence-corrected chi connectivity index (χ2v) is 8.39. The summed E-state index contributed by atoms with van der Waals surface area (Å²) in [7, 11) is 0. The molecule has 0 radical (unpaired) electrons. The van der Waals surface area contributed by atoms with Crippen LogP contribution in [0.1, 0.15) is 58.4 Å². The van der Waals surface area contributed by atoms with Gasteiger partial charge in [0.1, 0.15) is 12.7 Å². The third-order valence-electron chi connectivity index (χ3n) is 6.24. The van der Waals surface area contributed by atoms with E-state index in [4.69, 9.17) is 0 Å². The number of nitrogens with zero attached hydrogens (tertiary/aromatic N) is 6. The van der Waals surface area contributed by atoms with Gasteiger partial charge < -0.3 is 10.2 Å². The van der Waals surface area contributed by atoms with E-state index in [1.807, 2.05) is 0 Å². The Balaban J connectivity index is 1.32. The lowest BCUT2D eigenvalue weighted by molar-refractivity contribution is 0.148. The van der Waals surface area contributed by atoms with E-state index in [1.54, 1.807) is 27.8 Å². The fourth-order valence-corrected chi connectivity index (χ4v) is 4.53. The smallest absolute Gasteiger partial charge is 0.267 e. The predicted octanol–water partition coefficient (Wildman–Crippen LogP) is 1.77. The minimum atomic E-state index is -0.0404. The molecule has 0 unspecified atom stereocenters. The summed E-state index contributed by atoms with van der Waals surface area (Å²) in [6.07, 6.45) is 9.69. The highest BCUT2D eigenvalue weighted by Gasteiger charge is 2.27. The van der Waals surface area contributed by atoms with Gasteiger partial charge in [0.05, 0.1) is 6.04 Å². The summed E-state index contributed by atoms with van der Waals surface area (Å²) in [6.45, 7) is 6.95. The molecule has 2 aliphatic rings. The number of hydrogen-bond acceptors (Lipinski definition) is 6. The van der Waals surface area contributed by atoms with Gasteiger partial charge in [0.25, 0.3) is 5.56 Å². The van der Waals surface area contributed by atoms with Gasteiger partial charge in [-0.3, -0.25) is 4.79 Å². The van der Waals surface area contributed by atoms with Crippen molar-refractivity contribution in [2.24, 2.45) is 0 Å². The van der Waals surface area contributed by atoms with Crippen LogP contribution in [-0.2, 0) is 0 Å². The molecular formula is C20H31N7O. The van der Waals surface area contributed by atoms with Crippen LogP contribution in [0.4, 0.5) is 0 Å². The first kappa shape index (κ1) is 19.3. The Morgan fingerprint density at radius 1 is 1.04 bits per heavy atom. The van der Waals surface area contributed by atoms with Crippen LogP contribution < -0.4 is 10.9 Å². The number of hydrogen-bond donors (Lipinski definition) is 1. The summed E-state index contributed by atoms with van der Waals surface area (Å²) >= 11 is 0. The maximum atomic E-state index is 12.4. The lowest BCUT2D eigenvalue weighted by atomic mass is 9.90. The van der Waals surface area contributed by atoms with Crippen molar-refractivity contribution in [2.45, 2.75) is 76.5 Å². The molecule has 0 spiro atoms. The Morgan fingerprint density at radius 2 is 1.75 bits per heavy atom. The van der Waals surface area contributed by atoms with E-state index in [2.05, 4.69) is 39.2 Å². The van der Waals surface area contributed by atoms with Crippen molar-refractivity contribution < 1.29 is 0 Å². The van der Waals surface area contributed by atoms with E-state index in [-0.39, 0.29) is 11.6 Å². The summed E-state index contributed by atoms with van der Waals surface area (Å²) in [6, 6.07) is 5.28. The van der Waals surface area contributed by atoms with Crippen molar-refractivity contribution in [1.29, 1.82) is 0 Å². The molecule has 0 aromatic carbocycles. The summed E-state index contributed by atoms with van der Waals surface area (Å²) < 4.78 is 3.24. The van der Waals surface area contributed by atoms with Crippen molar-refractivity contribution in [3.05, 3.63) is 35.1 Å². The summed E-state index contributed by atoms with van der Waals surface area (Å²) in [5.74, 6) is 0.634. The molecule has 1 aliphatic heterocycles. The number of piperidine rings is 1. The van der Waals surface area contributed by atoms with Gasteiger partial charge in [-0.25, -0.2) is 14.3 Å². The van der Waals surface area contributed by atoms with Gasteiger partial charge in [-0.05, 0) is 71.5 Å². The Labute approximate surface area is 166 Å². The Hall–Kier alpha value is -2.06. The number of nitrogens with one attached hydrogen (secondary N) is 1. The van der Waals surface area contributed by atoms with Crippen LogP contribution in [0.3, 0.4) is 0 Å². The average molecular weight is 386 g/mol. The van der Waals surface area contributed by atoms with E-state index >= 15 is 0 Å². The zero-order chi connectivity index (χ0) is 19.5. The molecule has 28 heavy (non-hydrogen) atoms. The number of aromatic nitrogens is 5. The zero-order valence-corrected chi connectivity index (χ0v) is 16.9. The van der Waals surface area contributed by atoms with Crippen LogP contribution in [0.25, 0.3) is 5.82 Å². The van der Waals surface area contributed by atoms with Gasteiger partial charge >= 0.3 is 0 Å². The van der Waals surface area contributed by atoms with E-state index in [9.17, 15) is 4.79 Å². The summed E-state index contributed by atoms with van der Waals surface area (Å²) in [5, 5.41) is 12.5. The molecule has 2 aromatic heterocycles. The van der Waals surface area contributed by atoms with Crippen LogP contribution in [0, 0.1) is 0 Å². The minimum Gasteiger partial charge on any atom is -0.311 e. The molecule has 1 saturated heterocycles. The third-order valence-corrected chi connectivity index (χ3v) is 6.24. The van der Waals surface area contributed by atoms with Crippen LogP contribution >= 0.6 is 0 Å². The normalized spacial score (nSPS) is 24.7. The quantitative estimate of drug-likeness (QED) is 0.845. The van der Waals surface area contributed by atoms with Crippen LogP contribution in [0.15, 0.2) is 29.6 Å². The van der Waals surface area contributed by atoms with E-state index < -0.39 is 0 Å². The molecule has 3 heterocycles. The number of rotatable bonds is 5. The van der Waals surface area contributed by atoms with Gasteiger partial charge in [-0.2, -0.15) is 5.10 Å². The molecule has 4 rings (SSSR count). The van der Waals surface area contributed by atoms with Crippen LogP contribution in [-0.4, -0.2) is 60.7 Å². The lowest BCUT2D eigenvalue weighted by Crippen LogP contribution is -2.48. The minimum absolute atomic E-state index is 0.0404. The van der Waals surface area contributed by atoms with Gasteiger partial charge in [0, 0.05) is 24.2 Å². The fourth-order valence-electron chi connectivity index (χ4n) is 4.53. The lowest BCUT2D eigenvalue weighted by Gasteiger charge is -2.38. The Kier molecular flexibility index (Phi) is 5.87. The van der Waals surface area contributed by atoms with E-state index in [1.165, 1.54) is 32.3 Å². The summed E-state index contributed by atoms with van der Waals surface area (Å²) in [5.41, 5.74) is -0.0404. The highest BCUT2D eigenvalue weighted by molar-refractivity contribution is 5.16. The molecule has 0 bridgehead atoms. The van der Waals surface area contributed by atoms with Gasteiger partial charge in [0.15, 0.2) is 5.82 Å². The van der Waals surface area contributed by atoms with Crippen molar-refractivity contribution in [3.63, 3.8) is 0 Å². The molecule has 8 nitrogen and oxygen atoms in total. The van der Waals surface area contributed by atoms with Gasteiger partial charge in [-0.15, -0.1) is 5.10 Å². The van der Waals surface area contributed by atoms with Gasteiger partial charge in [-0.1, -0.05) is 0 Å². The SMILES string of the molecule is CC(C)N1CCC(NC2CCC(n3nc(-n4cncn4)ccc3=O)CC2)CC1. The maximum absolute atomic E-state index is 12.4. The molecule has 1 saturated carbocycles. The highest BCUT2D eigenvalue weighted by Crippen LogP contribution is 2.28. The molecule has 1 aliphatic carbocycles. The first-order chi connectivity index (χ1) is 13.6. The molecular weight excluding hydrogens is 354 g/mol. The van der Waals surface area contributed by atoms with E-state index in [0.29, 0.717) is 23.9 Å². The van der Waals surface area contributed by atoms with Crippen LogP contribution in [0.2, 0.25) is 0 Å². The molecule has 0 amide bonds. The van der Waals surface area contributed by atoms with Crippen molar-refractivity contribution in [3.8, 4) is 5.82 Å². The van der Waals surface area contributed by atoms with Gasteiger partial charge in [0.2, 0.25) is 0 Å². The standard InChI is InChI=1S/C20H31N7O/c1-15(2)25-11-9-17(10-12-25)23-16-3-5-18(6-4-16)27-20(28)8-7-19(24-27)26-14-21-13-22-26/h7-8,13-18,23H,3-6,9-12H2,1-2H3. The first-order valence-electron chi connectivity index (χ1n) is 10.5. The fraction of sp³-hybridized carbons (Fsp3) is 0.700. The van der Waals surface area contributed by atoms with Crippen molar-refractivity contribution in [2.75, 3.05) is 13.1 Å². The third kappa shape index (κ3) is 4.33. The molecule has 0 atom stereocenters. The largest absolute Gasteiger partial charge is 0.311 e. The van der Waals surface area contributed by atoms with Crippen LogP contribution in [0.5, 0.6) is 0 Å². The van der Waals surface area contributed by atoms with E-state index in [0.717, 1.165) is 25.7 Å².